The molecule has 7 heteroatoms. The summed E-state index contributed by atoms with van der Waals surface area (Å²) in [7, 11) is -3.31. The fourth-order valence-electron chi connectivity index (χ4n) is 2.79. The first-order chi connectivity index (χ1) is 10.6. The SMILES string of the molecule is O=S(=O)(NCCc1c[nH]c2ccc(F)cc12)C1CCOCC1. The minimum Gasteiger partial charge on any atom is -0.381 e. The molecule has 1 aliphatic rings. The van der Waals surface area contributed by atoms with Crippen LogP contribution >= 0.6 is 0 Å². The van der Waals surface area contributed by atoms with Gasteiger partial charge in [-0.25, -0.2) is 17.5 Å². The smallest absolute Gasteiger partial charge is 0.214 e. The lowest BCUT2D eigenvalue weighted by Gasteiger charge is -2.22. The Hall–Kier alpha value is -1.44. The van der Waals surface area contributed by atoms with Gasteiger partial charge in [0.2, 0.25) is 10.0 Å². The van der Waals surface area contributed by atoms with E-state index in [1.165, 1.54) is 12.1 Å². The number of aromatic amines is 1. The average molecular weight is 326 g/mol. The van der Waals surface area contributed by atoms with Gasteiger partial charge >= 0.3 is 0 Å². The zero-order valence-electron chi connectivity index (χ0n) is 12.1. The lowest BCUT2D eigenvalue weighted by Crippen LogP contribution is -2.38. The van der Waals surface area contributed by atoms with E-state index in [0.717, 1.165) is 16.5 Å². The number of sulfonamides is 1. The van der Waals surface area contributed by atoms with Gasteiger partial charge in [0.1, 0.15) is 5.82 Å². The summed E-state index contributed by atoms with van der Waals surface area (Å²) in [5, 5.41) is 0.423. The first kappa shape index (κ1) is 15.5. The number of rotatable bonds is 5. The van der Waals surface area contributed by atoms with E-state index in [1.807, 2.05) is 0 Å². The van der Waals surface area contributed by atoms with Crippen LogP contribution in [0.3, 0.4) is 0 Å². The first-order valence-electron chi connectivity index (χ1n) is 7.38. The van der Waals surface area contributed by atoms with Gasteiger partial charge in [-0.05, 0) is 43.0 Å². The number of H-pyrrole nitrogens is 1. The molecule has 0 bridgehead atoms. The van der Waals surface area contributed by atoms with Crippen LogP contribution in [0.4, 0.5) is 4.39 Å². The minimum absolute atomic E-state index is 0.295. The maximum absolute atomic E-state index is 13.3. The quantitative estimate of drug-likeness (QED) is 0.882. The van der Waals surface area contributed by atoms with Crippen molar-refractivity contribution in [2.24, 2.45) is 0 Å². The van der Waals surface area contributed by atoms with Crippen LogP contribution in [0.25, 0.3) is 10.9 Å². The van der Waals surface area contributed by atoms with Crippen LogP contribution in [0, 0.1) is 5.82 Å². The number of fused-ring (bicyclic) bond motifs is 1. The Morgan fingerprint density at radius 3 is 2.86 bits per heavy atom. The van der Waals surface area contributed by atoms with Gasteiger partial charge in [0.05, 0.1) is 5.25 Å². The van der Waals surface area contributed by atoms with Gasteiger partial charge in [-0.1, -0.05) is 0 Å². The molecule has 0 amide bonds. The molecule has 1 saturated heterocycles. The Labute approximate surface area is 128 Å². The third-order valence-corrected chi connectivity index (χ3v) is 5.99. The standard InChI is InChI=1S/C15H19FN2O3S/c16-12-1-2-15-14(9-12)11(10-17-15)3-6-18-22(19,20)13-4-7-21-8-5-13/h1-2,9-10,13,17-18H,3-8H2. The van der Waals surface area contributed by atoms with Crippen molar-refractivity contribution in [1.29, 1.82) is 0 Å². The summed E-state index contributed by atoms with van der Waals surface area (Å²) in [5.74, 6) is -0.295. The molecule has 0 atom stereocenters. The van der Waals surface area contributed by atoms with Crippen molar-refractivity contribution in [2.45, 2.75) is 24.5 Å². The third kappa shape index (κ3) is 3.31. The molecule has 0 unspecified atom stereocenters. The van der Waals surface area contributed by atoms with Crippen molar-refractivity contribution < 1.29 is 17.5 Å². The number of aromatic nitrogens is 1. The summed E-state index contributed by atoms with van der Waals surface area (Å²) in [5.41, 5.74) is 1.76. The predicted octanol–water partition coefficient (Wildman–Crippen LogP) is 1.95. The highest BCUT2D eigenvalue weighted by atomic mass is 32.2. The summed E-state index contributed by atoms with van der Waals surface area (Å²) in [4.78, 5) is 3.07. The molecule has 1 aromatic carbocycles. The summed E-state index contributed by atoms with van der Waals surface area (Å²) in [6.07, 6.45) is 3.39. The molecule has 0 spiro atoms. The largest absolute Gasteiger partial charge is 0.381 e. The van der Waals surface area contributed by atoms with Crippen molar-refractivity contribution in [1.82, 2.24) is 9.71 Å². The molecule has 5 nitrogen and oxygen atoms in total. The normalized spacial score (nSPS) is 17.1. The Kier molecular flexibility index (Phi) is 4.46. The second-order valence-electron chi connectivity index (χ2n) is 5.50. The molecule has 22 heavy (non-hydrogen) atoms. The van der Waals surface area contributed by atoms with Crippen molar-refractivity contribution in [2.75, 3.05) is 19.8 Å². The Morgan fingerprint density at radius 1 is 1.32 bits per heavy atom. The predicted molar refractivity (Wildman–Crippen MR) is 82.7 cm³/mol. The van der Waals surface area contributed by atoms with Crippen LogP contribution in [0.2, 0.25) is 0 Å². The van der Waals surface area contributed by atoms with Gasteiger partial charge in [0.15, 0.2) is 0 Å². The molecule has 2 aromatic rings. The van der Waals surface area contributed by atoms with Crippen LogP contribution in [0.15, 0.2) is 24.4 Å². The van der Waals surface area contributed by atoms with Crippen LogP contribution in [0.5, 0.6) is 0 Å². The molecule has 1 aromatic heterocycles. The number of nitrogens with one attached hydrogen (secondary N) is 2. The molecule has 1 aliphatic heterocycles. The lowest BCUT2D eigenvalue weighted by atomic mass is 10.1. The monoisotopic (exact) mass is 326 g/mol. The van der Waals surface area contributed by atoms with E-state index in [1.54, 1.807) is 12.3 Å². The molecular formula is C15H19FN2O3S. The lowest BCUT2D eigenvalue weighted by molar-refractivity contribution is 0.0981. The van der Waals surface area contributed by atoms with E-state index in [9.17, 15) is 12.8 Å². The maximum Gasteiger partial charge on any atom is 0.214 e. The van der Waals surface area contributed by atoms with Crippen LogP contribution < -0.4 is 4.72 Å². The summed E-state index contributed by atoms with van der Waals surface area (Å²) >= 11 is 0. The number of hydrogen-bond donors (Lipinski definition) is 2. The van der Waals surface area contributed by atoms with Crippen LogP contribution in [-0.4, -0.2) is 38.4 Å². The van der Waals surface area contributed by atoms with Crippen molar-refractivity contribution in [3.63, 3.8) is 0 Å². The van der Waals surface area contributed by atoms with Gasteiger partial charge < -0.3 is 9.72 Å². The molecule has 120 valence electrons. The van der Waals surface area contributed by atoms with Crippen molar-refractivity contribution in [3.05, 3.63) is 35.8 Å². The molecule has 0 saturated carbocycles. The van der Waals surface area contributed by atoms with Gasteiger partial charge in [0, 0.05) is 36.9 Å². The fraction of sp³-hybridized carbons (Fsp3) is 0.467. The number of benzene rings is 1. The summed E-state index contributed by atoms with van der Waals surface area (Å²) < 4.78 is 45.5. The highest BCUT2D eigenvalue weighted by molar-refractivity contribution is 7.90. The zero-order valence-corrected chi connectivity index (χ0v) is 13.0. The van der Waals surface area contributed by atoms with E-state index < -0.39 is 10.0 Å². The van der Waals surface area contributed by atoms with Gasteiger partial charge in [-0.15, -0.1) is 0 Å². The molecule has 0 radical (unpaired) electrons. The second-order valence-corrected chi connectivity index (χ2v) is 7.55. The molecule has 3 rings (SSSR count). The fourth-order valence-corrected chi connectivity index (χ4v) is 4.22. The van der Waals surface area contributed by atoms with Gasteiger partial charge in [0.25, 0.3) is 0 Å². The summed E-state index contributed by atoms with van der Waals surface area (Å²) in [6, 6.07) is 4.55. The van der Waals surface area contributed by atoms with Crippen molar-refractivity contribution >= 4 is 20.9 Å². The Balaban J connectivity index is 1.63. The summed E-state index contributed by atoms with van der Waals surface area (Å²) in [6.45, 7) is 1.30. The molecule has 1 fully saturated rings. The topological polar surface area (TPSA) is 71.2 Å². The van der Waals surface area contributed by atoms with Crippen molar-refractivity contribution in [3.8, 4) is 0 Å². The average Bonchev–Trinajstić information content (AvgIpc) is 2.90. The van der Waals surface area contributed by atoms with Gasteiger partial charge in [-0.2, -0.15) is 0 Å². The maximum atomic E-state index is 13.3. The molecule has 0 aliphatic carbocycles. The highest BCUT2D eigenvalue weighted by Crippen LogP contribution is 2.20. The number of halogens is 1. The van der Waals surface area contributed by atoms with E-state index in [0.29, 0.717) is 39.0 Å². The van der Waals surface area contributed by atoms with E-state index in [2.05, 4.69) is 9.71 Å². The number of hydrogen-bond acceptors (Lipinski definition) is 3. The first-order valence-corrected chi connectivity index (χ1v) is 8.92. The van der Waals surface area contributed by atoms with E-state index >= 15 is 0 Å². The van der Waals surface area contributed by atoms with E-state index in [-0.39, 0.29) is 11.1 Å². The van der Waals surface area contributed by atoms with E-state index in [4.69, 9.17) is 4.74 Å². The second kappa shape index (κ2) is 6.36. The third-order valence-electron chi connectivity index (χ3n) is 4.03. The van der Waals surface area contributed by atoms with Crippen LogP contribution in [-0.2, 0) is 21.2 Å². The number of ether oxygens (including phenoxy) is 1. The van der Waals surface area contributed by atoms with Crippen LogP contribution in [0.1, 0.15) is 18.4 Å². The zero-order chi connectivity index (χ0) is 15.6. The van der Waals surface area contributed by atoms with Gasteiger partial charge in [-0.3, -0.25) is 0 Å². The highest BCUT2D eigenvalue weighted by Gasteiger charge is 2.27. The minimum atomic E-state index is -3.31. The molecule has 2 N–H and O–H groups in total. The molecular weight excluding hydrogens is 307 g/mol. The Morgan fingerprint density at radius 2 is 2.09 bits per heavy atom. The molecule has 2 heterocycles. The Bertz CT molecular complexity index is 751.